The van der Waals surface area contributed by atoms with Gasteiger partial charge in [-0.3, -0.25) is 9.59 Å². The highest BCUT2D eigenvalue weighted by atomic mass is 35.5. The topological polar surface area (TPSA) is 63.4 Å². The Hall–Kier alpha value is -1.55. The van der Waals surface area contributed by atoms with Crippen LogP contribution in [0, 0.1) is 5.92 Å². The van der Waals surface area contributed by atoms with Gasteiger partial charge in [0.15, 0.2) is 0 Å². The second-order valence-electron chi connectivity index (χ2n) is 6.31. The van der Waals surface area contributed by atoms with Crippen LogP contribution in [0.3, 0.4) is 0 Å². The van der Waals surface area contributed by atoms with Crippen LogP contribution >= 0.6 is 11.6 Å². The molecule has 5 heteroatoms. The van der Waals surface area contributed by atoms with Gasteiger partial charge in [-0.1, -0.05) is 24.4 Å². The third kappa shape index (κ3) is 2.84. The Bertz CT molecular complexity index is 600. The van der Waals surface area contributed by atoms with Crippen molar-refractivity contribution in [1.82, 2.24) is 4.90 Å². The van der Waals surface area contributed by atoms with Crippen LogP contribution in [-0.4, -0.2) is 29.3 Å². The zero-order chi connectivity index (χ0) is 15.7. The summed E-state index contributed by atoms with van der Waals surface area (Å²) in [6, 6.07) is 5.06. The number of benzene rings is 1. The smallest absolute Gasteiger partial charge is 0.254 e. The first-order valence-corrected chi connectivity index (χ1v) is 8.36. The van der Waals surface area contributed by atoms with E-state index in [0.717, 1.165) is 19.4 Å². The SMILES string of the molecule is NC(=O)c1cc(Cl)ccc1C(=O)N1CCCC2CCCCC21. The Morgan fingerprint density at radius 1 is 1.09 bits per heavy atom. The number of rotatable bonds is 2. The van der Waals surface area contributed by atoms with Crippen LogP contribution in [0.25, 0.3) is 0 Å². The average Bonchev–Trinajstić information content (AvgIpc) is 2.53. The van der Waals surface area contributed by atoms with Crippen molar-refractivity contribution in [3.05, 3.63) is 34.3 Å². The molecule has 1 aromatic rings. The van der Waals surface area contributed by atoms with E-state index in [9.17, 15) is 9.59 Å². The third-order valence-electron chi connectivity index (χ3n) is 4.98. The van der Waals surface area contributed by atoms with E-state index in [2.05, 4.69) is 0 Å². The van der Waals surface area contributed by atoms with E-state index < -0.39 is 5.91 Å². The highest BCUT2D eigenvalue weighted by Gasteiger charge is 2.36. The molecule has 2 unspecified atom stereocenters. The quantitative estimate of drug-likeness (QED) is 0.909. The largest absolute Gasteiger partial charge is 0.366 e. The zero-order valence-corrected chi connectivity index (χ0v) is 13.3. The fraction of sp³-hybridized carbons (Fsp3) is 0.529. The van der Waals surface area contributed by atoms with Gasteiger partial charge in [-0.25, -0.2) is 0 Å². The van der Waals surface area contributed by atoms with E-state index in [-0.39, 0.29) is 11.5 Å². The molecule has 1 heterocycles. The summed E-state index contributed by atoms with van der Waals surface area (Å²) in [6.07, 6.45) is 6.95. The number of carbonyl (C=O) groups is 2. The number of hydrogen-bond donors (Lipinski definition) is 1. The lowest BCUT2D eigenvalue weighted by Gasteiger charge is -2.44. The van der Waals surface area contributed by atoms with E-state index in [0.29, 0.717) is 22.5 Å². The molecule has 0 aromatic heterocycles. The molecular weight excluding hydrogens is 300 g/mol. The van der Waals surface area contributed by atoms with Crippen LogP contribution in [0.5, 0.6) is 0 Å². The zero-order valence-electron chi connectivity index (χ0n) is 12.6. The molecule has 2 N–H and O–H groups in total. The number of primary amides is 1. The van der Waals surface area contributed by atoms with Gasteiger partial charge in [-0.15, -0.1) is 0 Å². The third-order valence-corrected chi connectivity index (χ3v) is 5.22. The Kier molecular flexibility index (Phi) is 4.39. The van der Waals surface area contributed by atoms with Gasteiger partial charge < -0.3 is 10.6 Å². The number of fused-ring (bicyclic) bond motifs is 1. The molecule has 2 fully saturated rings. The number of piperidine rings is 1. The lowest BCUT2D eigenvalue weighted by atomic mass is 9.78. The standard InChI is InChI=1S/C17H21ClN2O2/c18-12-7-8-13(14(10-12)16(19)21)17(22)20-9-3-5-11-4-1-2-6-15(11)20/h7-8,10-11,15H,1-6,9H2,(H2,19,21). The molecule has 2 aliphatic rings. The number of hydrogen-bond acceptors (Lipinski definition) is 2. The number of carbonyl (C=O) groups excluding carboxylic acids is 2. The predicted octanol–water partition coefficient (Wildman–Crippen LogP) is 3.23. The van der Waals surface area contributed by atoms with Crippen molar-refractivity contribution in [3.63, 3.8) is 0 Å². The highest BCUT2D eigenvalue weighted by molar-refractivity contribution is 6.31. The van der Waals surface area contributed by atoms with Gasteiger partial charge in [-0.2, -0.15) is 0 Å². The van der Waals surface area contributed by atoms with Crippen LogP contribution in [0.15, 0.2) is 18.2 Å². The lowest BCUT2D eigenvalue weighted by Crippen LogP contribution is -2.50. The molecule has 0 spiro atoms. The molecule has 1 saturated heterocycles. The van der Waals surface area contributed by atoms with Crippen molar-refractivity contribution in [2.75, 3.05) is 6.54 Å². The van der Waals surface area contributed by atoms with Crippen molar-refractivity contribution in [2.45, 2.75) is 44.6 Å². The Labute approximate surface area is 135 Å². The van der Waals surface area contributed by atoms with Crippen LogP contribution in [0.2, 0.25) is 5.02 Å². The predicted molar refractivity (Wildman–Crippen MR) is 86.0 cm³/mol. The molecule has 1 saturated carbocycles. The van der Waals surface area contributed by atoms with Crippen molar-refractivity contribution in [1.29, 1.82) is 0 Å². The second kappa shape index (κ2) is 6.29. The van der Waals surface area contributed by atoms with E-state index in [1.165, 1.54) is 31.7 Å². The maximum Gasteiger partial charge on any atom is 0.254 e. The minimum atomic E-state index is -0.608. The fourth-order valence-electron chi connectivity index (χ4n) is 3.94. The van der Waals surface area contributed by atoms with Crippen LogP contribution in [0.1, 0.15) is 59.2 Å². The molecule has 1 aromatic carbocycles. The minimum Gasteiger partial charge on any atom is -0.366 e. The summed E-state index contributed by atoms with van der Waals surface area (Å²) < 4.78 is 0. The Morgan fingerprint density at radius 2 is 1.82 bits per heavy atom. The first-order chi connectivity index (χ1) is 10.6. The monoisotopic (exact) mass is 320 g/mol. The molecule has 0 radical (unpaired) electrons. The summed E-state index contributed by atoms with van der Waals surface area (Å²) >= 11 is 5.93. The molecule has 118 valence electrons. The van der Waals surface area contributed by atoms with Crippen molar-refractivity contribution >= 4 is 23.4 Å². The van der Waals surface area contributed by atoms with Gasteiger partial charge in [0.25, 0.3) is 5.91 Å². The molecule has 1 aliphatic carbocycles. The van der Waals surface area contributed by atoms with Crippen molar-refractivity contribution in [3.8, 4) is 0 Å². The van der Waals surface area contributed by atoms with Crippen LogP contribution in [-0.2, 0) is 0 Å². The molecule has 2 amide bonds. The van der Waals surface area contributed by atoms with Gasteiger partial charge >= 0.3 is 0 Å². The molecular formula is C17H21ClN2O2. The van der Waals surface area contributed by atoms with Crippen molar-refractivity contribution in [2.24, 2.45) is 11.7 Å². The Balaban J connectivity index is 1.91. The maximum atomic E-state index is 13.0. The number of amides is 2. The summed E-state index contributed by atoms with van der Waals surface area (Å²) in [5.74, 6) is -0.0825. The molecule has 3 rings (SSSR count). The molecule has 22 heavy (non-hydrogen) atoms. The van der Waals surface area contributed by atoms with Crippen LogP contribution in [0.4, 0.5) is 0 Å². The van der Waals surface area contributed by atoms with Gasteiger partial charge in [0, 0.05) is 17.6 Å². The molecule has 0 bridgehead atoms. The number of nitrogens with zero attached hydrogens (tertiary/aromatic N) is 1. The van der Waals surface area contributed by atoms with E-state index in [1.807, 2.05) is 4.90 Å². The van der Waals surface area contributed by atoms with Gasteiger partial charge in [0.2, 0.25) is 5.91 Å². The van der Waals surface area contributed by atoms with Gasteiger partial charge in [0.05, 0.1) is 11.1 Å². The Morgan fingerprint density at radius 3 is 2.59 bits per heavy atom. The highest BCUT2D eigenvalue weighted by Crippen LogP contribution is 2.36. The summed E-state index contributed by atoms with van der Waals surface area (Å²) in [6.45, 7) is 0.765. The minimum absolute atomic E-state index is 0.0814. The van der Waals surface area contributed by atoms with Gasteiger partial charge in [0.1, 0.15) is 0 Å². The fourth-order valence-corrected chi connectivity index (χ4v) is 4.11. The summed E-state index contributed by atoms with van der Waals surface area (Å²) in [5, 5.41) is 0.416. The second-order valence-corrected chi connectivity index (χ2v) is 6.74. The average molecular weight is 321 g/mol. The summed E-state index contributed by atoms with van der Waals surface area (Å²) in [4.78, 5) is 26.6. The number of nitrogens with two attached hydrogens (primary N) is 1. The van der Waals surface area contributed by atoms with Gasteiger partial charge in [-0.05, 0) is 49.8 Å². The first kappa shape index (κ1) is 15.3. The summed E-state index contributed by atoms with van der Waals surface area (Å²) in [5.41, 5.74) is 6.01. The lowest BCUT2D eigenvalue weighted by molar-refractivity contribution is 0.0389. The molecule has 1 aliphatic heterocycles. The maximum absolute atomic E-state index is 13.0. The molecule has 2 atom stereocenters. The summed E-state index contributed by atoms with van der Waals surface area (Å²) in [7, 11) is 0. The first-order valence-electron chi connectivity index (χ1n) is 7.98. The number of likely N-dealkylation sites (tertiary alicyclic amines) is 1. The van der Waals surface area contributed by atoms with Crippen molar-refractivity contribution < 1.29 is 9.59 Å². The van der Waals surface area contributed by atoms with E-state index in [1.54, 1.807) is 12.1 Å². The normalized spacial score (nSPS) is 24.7. The van der Waals surface area contributed by atoms with E-state index >= 15 is 0 Å². The molecule has 4 nitrogen and oxygen atoms in total. The number of halogens is 1. The van der Waals surface area contributed by atoms with E-state index in [4.69, 9.17) is 17.3 Å². The van der Waals surface area contributed by atoms with Crippen LogP contribution < -0.4 is 5.73 Å².